The number of fused-ring (bicyclic) bond motifs is 1. The Bertz CT molecular complexity index is 893. The number of halogens is 1. The number of nitrogens with zero attached hydrogens (tertiary/aromatic N) is 4. The average Bonchev–Trinajstić information content (AvgIpc) is 2.61. The zero-order chi connectivity index (χ0) is 16.5. The van der Waals surface area contributed by atoms with E-state index in [1.165, 1.54) is 6.42 Å². The summed E-state index contributed by atoms with van der Waals surface area (Å²) >= 11 is 6.10. The van der Waals surface area contributed by atoms with Gasteiger partial charge in [0.25, 0.3) is 0 Å². The van der Waals surface area contributed by atoms with Crippen molar-refractivity contribution in [2.24, 2.45) is 0 Å². The second kappa shape index (κ2) is 6.24. The summed E-state index contributed by atoms with van der Waals surface area (Å²) < 4.78 is 0. The van der Waals surface area contributed by atoms with Crippen molar-refractivity contribution >= 4 is 28.6 Å². The number of hydrogen-bond acceptors (Lipinski definition) is 5. The van der Waals surface area contributed by atoms with Crippen LogP contribution in [0.1, 0.15) is 19.3 Å². The molecule has 1 aliphatic rings. The summed E-state index contributed by atoms with van der Waals surface area (Å²) in [5.74, 6) is 0.900. The number of phenols is 1. The van der Waals surface area contributed by atoms with Crippen LogP contribution in [0.4, 0.5) is 5.95 Å². The monoisotopic (exact) mass is 340 g/mol. The fourth-order valence-corrected chi connectivity index (χ4v) is 3.22. The summed E-state index contributed by atoms with van der Waals surface area (Å²) in [5.41, 5.74) is 2.94. The number of pyridine rings is 1. The van der Waals surface area contributed by atoms with Crippen LogP contribution >= 0.6 is 11.6 Å². The summed E-state index contributed by atoms with van der Waals surface area (Å²) in [4.78, 5) is 16.1. The molecule has 5 nitrogen and oxygen atoms in total. The SMILES string of the molecule is Oc1cccc(-c2nc(N3CCCCC3)nc3cc(Cl)cnc23)c1. The zero-order valence-corrected chi connectivity index (χ0v) is 13.9. The van der Waals surface area contributed by atoms with Crippen LogP contribution in [0, 0.1) is 0 Å². The lowest BCUT2D eigenvalue weighted by molar-refractivity contribution is 0.475. The van der Waals surface area contributed by atoms with E-state index in [9.17, 15) is 5.11 Å². The van der Waals surface area contributed by atoms with Gasteiger partial charge in [-0.25, -0.2) is 9.97 Å². The molecule has 0 unspecified atom stereocenters. The van der Waals surface area contributed by atoms with Crippen molar-refractivity contribution < 1.29 is 5.11 Å². The van der Waals surface area contributed by atoms with Crippen LogP contribution in [-0.2, 0) is 0 Å². The Morgan fingerprint density at radius 2 is 1.88 bits per heavy atom. The largest absolute Gasteiger partial charge is 0.508 e. The molecular formula is C18H17ClN4O. The summed E-state index contributed by atoms with van der Waals surface area (Å²) in [5, 5.41) is 10.4. The predicted octanol–water partition coefficient (Wildman–Crippen LogP) is 4.04. The lowest BCUT2D eigenvalue weighted by Crippen LogP contribution is -2.31. The smallest absolute Gasteiger partial charge is 0.226 e. The lowest BCUT2D eigenvalue weighted by atomic mass is 10.1. The maximum Gasteiger partial charge on any atom is 0.226 e. The molecule has 1 saturated heterocycles. The van der Waals surface area contributed by atoms with Gasteiger partial charge in [-0.2, -0.15) is 0 Å². The maximum absolute atomic E-state index is 9.81. The van der Waals surface area contributed by atoms with E-state index >= 15 is 0 Å². The van der Waals surface area contributed by atoms with Crippen LogP contribution in [0.3, 0.4) is 0 Å². The summed E-state index contributed by atoms with van der Waals surface area (Å²) in [6.07, 6.45) is 5.14. The molecule has 1 aliphatic heterocycles. The van der Waals surface area contributed by atoms with E-state index in [1.807, 2.05) is 12.1 Å². The first kappa shape index (κ1) is 15.1. The van der Waals surface area contributed by atoms with Gasteiger partial charge < -0.3 is 10.0 Å². The Morgan fingerprint density at radius 1 is 1.04 bits per heavy atom. The molecule has 122 valence electrons. The predicted molar refractivity (Wildman–Crippen MR) is 95.5 cm³/mol. The van der Waals surface area contributed by atoms with Gasteiger partial charge in [-0.15, -0.1) is 0 Å². The molecule has 3 aromatic rings. The highest BCUT2D eigenvalue weighted by Gasteiger charge is 2.18. The minimum atomic E-state index is 0.202. The standard InChI is InChI=1S/C18H17ClN4O/c19-13-10-15-17(20-11-13)16(12-5-4-6-14(24)9-12)22-18(21-15)23-7-2-1-3-8-23/h4-6,9-11,24H,1-3,7-8H2. The first-order valence-corrected chi connectivity index (χ1v) is 8.46. The van der Waals surface area contributed by atoms with Crippen molar-refractivity contribution in [1.82, 2.24) is 15.0 Å². The molecule has 0 amide bonds. The Hall–Kier alpha value is -2.40. The Morgan fingerprint density at radius 3 is 2.67 bits per heavy atom. The minimum Gasteiger partial charge on any atom is -0.508 e. The second-order valence-electron chi connectivity index (χ2n) is 5.99. The molecule has 1 N–H and O–H groups in total. The number of benzene rings is 1. The van der Waals surface area contributed by atoms with E-state index in [-0.39, 0.29) is 5.75 Å². The molecule has 0 radical (unpaired) electrons. The van der Waals surface area contributed by atoms with Gasteiger partial charge in [0.2, 0.25) is 5.95 Å². The van der Waals surface area contributed by atoms with Gasteiger partial charge >= 0.3 is 0 Å². The van der Waals surface area contributed by atoms with E-state index in [2.05, 4.69) is 14.9 Å². The van der Waals surface area contributed by atoms with Crippen LogP contribution < -0.4 is 4.90 Å². The van der Waals surface area contributed by atoms with Crippen LogP contribution in [0.2, 0.25) is 5.02 Å². The van der Waals surface area contributed by atoms with Gasteiger partial charge in [-0.3, -0.25) is 4.98 Å². The Balaban J connectivity index is 1.92. The highest BCUT2D eigenvalue weighted by Crippen LogP contribution is 2.30. The van der Waals surface area contributed by atoms with Crippen molar-refractivity contribution in [2.45, 2.75) is 19.3 Å². The minimum absolute atomic E-state index is 0.202. The Kier molecular flexibility index (Phi) is 3.94. The van der Waals surface area contributed by atoms with Crippen LogP contribution in [0.5, 0.6) is 5.75 Å². The molecule has 0 atom stereocenters. The van der Waals surface area contributed by atoms with Crippen LogP contribution in [0.15, 0.2) is 36.5 Å². The lowest BCUT2D eigenvalue weighted by Gasteiger charge is -2.27. The normalized spacial score (nSPS) is 15.0. The number of rotatable bonds is 2. The van der Waals surface area contributed by atoms with Crippen LogP contribution in [-0.4, -0.2) is 33.1 Å². The van der Waals surface area contributed by atoms with Gasteiger partial charge in [0, 0.05) is 24.8 Å². The molecule has 4 rings (SSSR count). The van der Waals surface area contributed by atoms with Crippen LogP contribution in [0.25, 0.3) is 22.3 Å². The number of aromatic nitrogens is 3. The molecule has 6 heteroatoms. The summed E-state index contributed by atoms with van der Waals surface area (Å²) in [6, 6.07) is 8.86. The van der Waals surface area contributed by atoms with E-state index in [4.69, 9.17) is 16.6 Å². The summed E-state index contributed by atoms with van der Waals surface area (Å²) in [7, 11) is 0. The maximum atomic E-state index is 9.81. The molecule has 1 fully saturated rings. The molecule has 0 bridgehead atoms. The number of phenolic OH excluding ortho intramolecular Hbond substituents is 1. The average molecular weight is 341 g/mol. The molecule has 24 heavy (non-hydrogen) atoms. The highest BCUT2D eigenvalue weighted by atomic mass is 35.5. The highest BCUT2D eigenvalue weighted by molar-refractivity contribution is 6.31. The third kappa shape index (κ3) is 2.87. The van der Waals surface area contributed by atoms with Crippen molar-refractivity contribution in [2.75, 3.05) is 18.0 Å². The molecule has 2 aromatic heterocycles. The fraction of sp³-hybridized carbons (Fsp3) is 0.278. The molecule has 0 aliphatic carbocycles. The van der Waals surface area contributed by atoms with Gasteiger partial charge in [0.1, 0.15) is 17.0 Å². The topological polar surface area (TPSA) is 62.1 Å². The third-order valence-electron chi connectivity index (χ3n) is 4.25. The molecule has 0 spiro atoms. The fourth-order valence-electron chi connectivity index (χ4n) is 3.07. The molecular weight excluding hydrogens is 324 g/mol. The van der Waals surface area contributed by atoms with Gasteiger partial charge in [-0.1, -0.05) is 23.7 Å². The second-order valence-corrected chi connectivity index (χ2v) is 6.43. The van der Waals surface area contributed by atoms with Crippen molar-refractivity contribution in [3.63, 3.8) is 0 Å². The van der Waals surface area contributed by atoms with Gasteiger partial charge in [-0.05, 0) is 37.5 Å². The van der Waals surface area contributed by atoms with Gasteiger partial charge in [0.15, 0.2) is 0 Å². The van der Waals surface area contributed by atoms with Crippen molar-refractivity contribution in [1.29, 1.82) is 0 Å². The van der Waals surface area contributed by atoms with E-state index in [0.717, 1.165) is 37.0 Å². The van der Waals surface area contributed by atoms with E-state index in [0.29, 0.717) is 22.2 Å². The van der Waals surface area contributed by atoms with Crippen molar-refractivity contribution in [3.8, 4) is 17.0 Å². The molecule has 0 saturated carbocycles. The van der Waals surface area contributed by atoms with E-state index < -0.39 is 0 Å². The Labute approximate surface area is 145 Å². The number of aromatic hydroxyl groups is 1. The molecule has 3 heterocycles. The van der Waals surface area contributed by atoms with Crippen molar-refractivity contribution in [3.05, 3.63) is 41.6 Å². The van der Waals surface area contributed by atoms with E-state index in [1.54, 1.807) is 24.4 Å². The first-order chi connectivity index (χ1) is 11.7. The van der Waals surface area contributed by atoms with Gasteiger partial charge in [0.05, 0.1) is 10.5 Å². The summed E-state index contributed by atoms with van der Waals surface area (Å²) in [6.45, 7) is 1.91. The number of hydrogen-bond donors (Lipinski definition) is 1. The number of anilines is 1. The zero-order valence-electron chi connectivity index (χ0n) is 13.1. The molecule has 1 aromatic carbocycles. The first-order valence-electron chi connectivity index (χ1n) is 8.08. The quantitative estimate of drug-likeness (QED) is 0.762. The third-order valence-corrected chi connectivity index (χ3v) is 4.46. The number of piperidine rings is 1.